The molecule has 0 saturated carbocycles. The summed E-state index contributed by atoms with van der Waals surface area (Å²) < 4.78 is 1.83. The first-order chi connectivity index (χ1) is 9.18. The van der Waals surface area contributed by atoms with E-state index in [1.165, 1.54) is 0 Å². The Hall–Kier alpha value is -1.59. The zero-order valence-electron chi connectivity index (χ0n) is 13.0. The van der Waals surface area contributed by atoms with E-state index in [-0.39, 0.29) is 31.7 Å². The standard InChI is InChI=1S/C15H13NO3.Mg.2H/c17-14(10-4-2-1-3-5-10)13-7-6-12-11(15(18)19)8-9-16(12)13;;;/h1-7,11H,8-9H2,(H,18,19);;;/q;+2;2*-1. The van der Waals surface area contributed by atoms with Crippen molar-refractivity contribution in [2.24, 2.45) is 0 Å². The number of ketones is 1. The number of aromatic nitrogens is 1. The van der Waals surface area contributed by atoms with Crippen molar-refractivity contribution in [3.05, 3.63) is 59.4 Å². The van der Waals surface area contributed by atoms with Crippen LogP contribution in [0, 0.1) is 0 Å². The number of carboxylic acids is 1. The predicted octanol–water partition coefficient (Wildman–Crippen LogP) is 2.14. The van der Waals surface area contributed by atoms with Gasteiger partial charge in [0.15, 0.2) is 0 Å². The molecule has 2 heterocycles. The zero-order valence-corrected chi connectivity index (χ0v) is 12.4. The molecule has 0 spiro atoms. The molecular weight excluding hydrogens is 266 g/mol. The summed E-state index contributed by atoms with van der Waals surface area (Å²) in [5.41, 5.74) is 1.93. The summed E-state index contributed by atoms with van der Waals surface area (Å²) in [5, 5.41) is 9.13. The van der Waals surface area contributed by atoms with Gasteiger partial charge < -0.3 is 12.5 Å². The van der Waals surface area contributed by atoms with Crippen LogP contribution in [0.25, 0.3) is 0 Å². The maximum absolute atomic E-state index is 12.4. The number of benzene rings is 1. The van der Waals surface area contributed by atoms with E-state index in [1.54, 1.807) is 24.3 Å². The quantitative estimate of drug-likeness (QED) is 0.692. The fourth-order valence-corrected chi connectivity index (χ4v) is 2.63. The van der Waals surface area contributed by atoms with Crippen LogP contribution in [-0.4, -0.2) is 44.5 Å². The van der Waals surface area contributed by atoms with Crippen LogP contribution < -0.4 is 0 Å². The Morgan fingerprint density at radius 2 is 1.85 bits per heavy atom. The first-order valence-corrected chi connectivity index (χ1v) is 6.20. The van der Waals surface area contributed by atoms with Gasteiger partial charge in [-0.05, 0) is 18.6 Å². The third-order valence-corrected chi connectivity index (χ3v) is 3.58. The molecule has 0 radical (unpaired) electrons. The summed E-state index contributed by atoms with van der Waals surface area (Å²) in [5.74, 6) is -1.37. The minimum atomic E-state index is -0.824. The van der Waals surface area contributed by atoms with E-state index in [0.29, 0.717) is 24.2 Å². The minimum Gasteiger partial charge on any atom is -1.00 e. The average Bonchev–Trinajstić information content (AvgIpc) is 2.99. The van der Waals surface area contributed by atoms with Crippen LogP contribution in [0.1, 0.15) is 36.9 Å². The average molecular weight is 282 g/mol. The van der Waals surface area contributed by atoms with E-state index in [9.17, 15) is 9.59 Å². The maximum atomic E-state index is 12.4. The van der Waals surface area contributed by atoms with Crippen molar-refractivity contribution >= 4 is 34.8 Å². The molecule has 0 fully saturated rings. The Morgan fingerprint density at radius 1 is 1.15 bits per heavy atom. The molecule has 1 aliphatic heterocycles. The van der Waals surface area contributed by atoms with Gasteiger partial charge in [0.1, 0.15) is 0 Å². The number of rotatable bonds is 3. The molecule has 1 N–H and O–H groups in total. The molecule has 3 rings (SSSR count). The molecule has 100 valence electrons. The number of hydrogen-bond donors (Lipinski definition) is 1. The summed E-state index contributed by atoms with van der Waals surface area (Å²) in [6.45, 7) is 0.590. The fourth-order valence-electron chi connectivity index (χ4n) is 2.63. The molecular formula is C15H15MgNO3. The molecule has 1 atom stereocenters. The van der Waals surface area contributed by atoms with Gasteiger partial charge in [-0.15, -0.1) is 0 Å². The van der Waals surface area contributed by atoms with Crippen LogP contribution in [0.5, 0.6) is 0 Å². The Labute approximate surface area is 135 Å². The number of carboxylic acid groups (broad SMARTS) is 1. The Bertz CT molecular complexity index is 658. The summed E-state index contributed by atoms with van der Waals surface area (Å²) >= 11 is 0. The SMILES string of the molecule is O=C(c1ccccc1)c1ccc2n1CCC2C(=O)O.[H-].[H-].[Mg+2]. The van der Waals surface area contributed by atoms with Gasteiger partial charge in [-0.3, -0.25) is 9.59 Å². The first kappa shape index (κ1) is 14.8. The molecule has 0 aliphatic carbocycles. The largest absolute Gasteiger partial charge is 2.00 e. The Morgan fingerprint density at radius 3 is 2.50 bits per heavy atom. The number of hydrogen-bond acceptors (Lipinski definition) is 2. The molecule has 20 heavy (non-hydrogen) atoms. The molecule has 1 aromatic carbocycles. The molecule has 1 unspecified atom stereocenters. The van der Waals surface area contributed by atoms with Gasteiger partial charge in [0.25, 0.3) is 0 Å². The number of carbonyl (C=O) groups excluding carboxylic acids is 1. The van der Waals surface area contributed by atoms with Crippen molar-refractivity contribution in [3.63, 3.8) is 0 Å². The second-order valence-electron chi connectivity index (χ2n) is 4.67. The first-order valence-electron chi connectivity index (χ1n) is 6.20. The van der Waals surface area contributed by atoms with Crippen LogP contribution in [0.2, 0.25) is 0 Å². The minimum absolute atomic E-state index is 0. The maximum Gasteiger partial charge on any atom is 2.00 e. The molecule has 1 aromatic heterocycles. The molecule has 0 amide bonds. The van der Waals surface area contributed by atoms with Crippen molar-refractivity contribution in [1.29, 1.82) is 0 Å². The number of carbonyl (C=O) groups is 2. The van der Waals surface area contributed by atoms with Crippen LogP contribution >= 0.6 is 0 Å². The van der Waals surface area contributed by atoms with Crippen molar-refractivity contribution in [2.75, 3.05) is 0 Å². The molecule has 2 aromatic rings. The Balaban J connectivity index is 0.00000147. The number of fused-ring (bicyclic) bond motifs is 1. The van der Waals surface area contributed by atoms with Gasteiger partial charge in [0, 0.05) is 17.8 Å². The van der Waals surface area contributed by atoms with E-state index in [1.807, 2.05) is 22.8 Å². The van der Waals surface area contributed by atoms with E-state index in [2.05, 4.69) is 0 Å². The van der Waals surface area contributed by atoms with E-state index in [0.717, 1.165) is 5.69 Å². The third-order valence-electron chi connectivity index (χ3n) is 3.58. The van der Waals surface area contributed by atoms with Gasteiger partial charge in [-0.25, -0.2) is 0 Å². The van der Waals surface area contributed by atoms with Crippen LogP contribution in [0.15, 0.2) is 42.5 Å². The molecule has 0 bridgehead atoms. The van der Waals surface area contributed by atoms with Gasteiger partial charge in [-0.2, -0.15) is 0 Å². The Kier molecular flexibility index (Phi) is 4.30. The van der Waals surface area contributed by atoms with E-state index >= 15 is 0 Å². The number of nitrogens with zero attached hydrogens (tertiary/aromatic N) is 1. The van der Waals surface area contributed by atoms with Crippen molar-refractivity contribution < 1.29 is 17.5 Å². The smallest absolute Gasteiger partial charge is 1.00 e. The van der Waals surface area contributed by atoms with Gasteiger partial charge in [-0.1, -0.05) is 30.3 Å². The van der Waals surface area contributed by atoms with Gasteiger partial charge in [0.05, 0.1) is 11.6 Å². The fraction of sp³-hybridized carbons (Fsp3) is 0.200. The third kappa shape index (κ3) is 2.39. The molecule has 4 nitrogen and oxygen atoms in total. The number of aliphatic carboxylic acids is 1. The van der Waals surface area contributed by atoms with Crippen LogP contribution in [0.3, 0.4) is 0 Å². The zero-order chi connectivity index (χ0) is 13.4. The summed E-state index contributed by atoms with van der Waals surface area (Å²) in [4.78, 5) is 23.5. The monoisotopic (exact) mass is 281 g/mol. The van der Waals surface area contributed by atoms with Crippen molar-refractivity contribution in [2.45, 2.75) is 18.9 Å². The van der Waals surface area contributed by atoms with Crippen molar-refractivity contribution in [3.8, 4) is 0 Å². The van der Waals surface area contributed by atoms with Crippen LogP contribution in [0.4, 0.5) is 0 Å². The predicted molar refractivity (Wildman–Crippen MR) is 77.3 cm³/mol. The molecule has 1 aliphatic rings. The van der Waals surface area contributed by atoms with Crippen LogP contribution in [-0.2, 0) is 11.3 Å². The van der Waals surface area contributed by atoms with Crippen molar-refractivity contribution in [1.82, 2.24) is 4.57 Å². The second kappa shape index (κ2) is 5.81. The van der Waals surface area contributed by atoms with Gasteiger partial charge >= 0.3 is 29.0 Å². The summed E-state index contributed by atoms with van der Waals surface area (Å²) in [6.07, 6.45) is 0.556. The summed E-state index contributed by atoms with van der Waals surface area (Å²) in [6, 6.07) is 12.5. The van der Waals surface area contributed by atoms with E-state index < -0.39 is 11.9 Å². The molecule has 5 heteroatoms. The topological polar surface area (TPSA) is 59.3 Å². The summed E-state index contributed by atoms with van der Waals surface area (Å²) in [7, 11) is 0. The normalized spacial score (nSPS) is 16.3. The molecule has 0 saturated heterocycles. The van der Waals surface area contributed by atoms with Gasteiger partial charge in [0.2, 0.25) is 5.78 Å². The second-order valence-corrected chi connectivity index (χ2v) is 4.67. The van der Waals surface area contributed by atoms with E-state index in [4.69, 9.17) is 5.11 Å².